The van der Waals surface area contributed by atoms with Gasteiger partial charge in [-0.05, 0) is 34.0 Å². The molecule has 5 heteroatoms. The maximum Gasteiger partial charge on any atom is 0.183 e. The summed E-state index contributed by atoms with van der Waals surface area (Å²) in [5.74, 6) is 1.41. The lowest BCUT2D eigenvalue weighted by Gasteiger charge is -2.04. The summed E-state index contributed by atoms with van der Waals surface area (Å²) < 4.78 is 6.17. The Balaban J connectivity index is 2.07. The van der Waals surface area contributed by atoms with Crippen LogP contribution in [0.25, 0.3) is 11.5 Å². The first-order valence-electron chi connectivity index (χ1n) is 5.10. The monoisotopic (exact) mass is 300 g/mol. The molecular formula is C11H13BrN2OS. The summed E-state index contributed by atoms with van der Waals surface area (Å²) in [6, 6.07) is 3.78. The van der Waals surface area contributed by atoms with Crippen LogP contribution in [0.4, 0.5) is 5.13 Å². The van der Waals surface area contributed by atoms with Crippen LogP contribution in [0.3, 0.4) is 0 Å². The van der Waals surface area contributed by atoms with E-state index in [-0.39, 0.29) is 0 Å². The maximum absolute atomic E-state index is 5.44. The van der Waals surface area contributed by atoms with Gasteiger partial charge in [-0.3, -0.25) is 0 Å². The first-order chi connectivity index (χ1) is 7.65. The van der Waals surface area contributed by atoms with Gasteiger partial charge in [0, 0.05) is 11.9 Å². The fourth-order valence-electron chi connectivity index (χ4n) is 1.21. The van der Waals surface area contributed by atoms with Gasteiger partial charge in [0.25, 0.3) is 0 Å². The summed E-state index contributed by atoms with van der Waals surface area (Å²) in [5.41, 5.74) is 0.877. The Labute approximate surface area is 107 Å². The van der Waals surface area contributed by atoms with Crippen LogP contribution in [0.2, 0.25) is 0 Å². The minimum atomic E-state index is 0.616. The maximum atomic E-state index is 5.44. The second kappa shape index (κ2) is 5.01. The number of rotatable bonds is 4. The van der Waals surface area contributed by atoms with Crippen molar-refractivity contribution in [2.24, 2.45) is 5.92 Å². The third kappa shape index (κ3) is 2.86. The van der Waals surface area contributed by atoms with Crippen LogP contribution in [-0.4, -0.2) is 11.5 Å². The molecule has 0 saturated heterocycles. The first-order valence-corrected chi connectivity index (χ1v) is 6.77. The number of anilines is 1. The van der Waals surface area contributed by atoms with E-state index in [0.29, 0.717) is 5.92 Å². The van der Waals surface area contributed by atoms with E-state index >= 15 is 0 Å². The number of hydrogen-bond donors (Lipinski definition) is 1. The van der Waals surface area contributed by atoms with Crippen molar-refractivity contribution in [3.63, 3.8) is 0 Å². The number of aromatic nitrogens is 1. The van der Waals surface area contributed by atoms with E-state index in [0.717, 1.165) is 27.8 Å². The van der Waals surface area contributed by atoms with Crippen LogP contribution < -0.4 is 5.32 Å². The van der Waals surface area contributed by atoms with E-state index in [1.54, 1.807) is 11.3 Å². The molecule has 0 saturated carbocycles. The molecule has 0 bridgehead atoms. The highest BCUT2D eigenvalue weighted by Gasteiger charge is 2.08. The van der Waals surface area contributed by atoms with Crippen LogP contribution >= 0.6 is 27.3 Å². The van der Waals surface area contributed by atoms with Crippen LogP contribution in [0.5, 0.6) is 0 Å². The molecule has 16 heavy (non-hydrogen) atoms. The summed E-state index contributed by atoms with van der Waals surface area (Å²) in [5, 5.41) is 6.23. The highest BCUT2D eigenvalue weighted by atomic mass is 79.9. The Bertz CT molecular complexity index is 464. The molecular weight excluding hydrogens is 288 g/mol. The van der Waals surface area contributed by atoms with Crippen molar-refractivity contribution in [2.45, 2.75) is 13.8 Å². The van der Waals surface area contributed by atoms with Gasteiger partial charge >= 0.3 is 0 Å². The van der Waals surface area contributed by atoms with Gasteiger partial charge in [0.2, 0.25) is 0 Å². The summed E-state index contributed by atoms with van der Waals surface area (Å²) in [6.07, 6.45) is 0. The third-order valence-electron chi connectivity index (χ3n) is 1.99. The van der Waals surface area contributed by atoms with Crippen LogP contribution in [0, 0.1) is 5.92 Å². The number of nitrogens with one attached hydrogen (secondary N) is 1. The molecule has 2 rings (SSSR count). The molecule has 3 nitrogen and oxygen atoms in total. The molecule has 0 atom stereocenters. The Morgan fingerprint density at radius 1 is 1.50 bits per heavy atom. The normalized spacial score (nSPS) is 11.0. The van der Waals surface area contributed by atoms with Gasteiger partial charge in [0.15, 0.2) is 15.6 Å². The van der Waals surface area contributed by atoms with Gasteiger partial charge in [-0.25, -0.2) is 4.98 Å². The Kier molecular flexibility index (Phi) is 3.66. The minimum Gasteiger partial charge on any atom is -0.448 e. The van der Waals surface area contributed by atoms with Gasteiger partial charge in [-0.2, -0.15) is 0 Å². The number of nitrogens with zero attached hydrogens (tertiary/aromatic N) is 1. The number of furan rings is 1. The summed E-state index contributed by atoms with van der Waals surface area (Å²) in [6.45, 7) is 5.28. The summed E-state index contributed by atoms with van der Waals surface area (Å²) >= 11 is 4.88. The first kappa shape index (κ1) is 11.7. The van der Waals surface area contributed by atoms with Crippen LogP contribution in [-0.2, 0) is 0 Å². The molecule has 0 aliphatic heterocycles. The van der Waals surface area contributed by atoms with Crippen LogP contribution in [0.15, 0.2) is 26.6 Å². The van der Waals surface area contributed by atoms with Crippen molar-refractivity contribution in [2.75, 3.05) is 11.9 Å². The smallest absolute Gasteiger partial charge is 0.183 e. The lowest BCUT2D eigenvalue weighted by atomic mass is 10.2. The predicted octanol–water partition coefficient (Wildman–Crippen LogP) is 4.23. The molecule has 86 valence electrons. The molecule has 2 aromatic rings. The predicted molar refractivity (Wildman–Crippen MR) is 70.8 cm³/mol. The largest absolute Gasteiger partial charge is 0.448 e. The lowest BCUT2D eigenvalue weighted by Crippen LogP contribution is -2.07. The molecule has 0 aliphatic rings. The van der Waals surface area contributed by atoms with Crippen molar-refractivity contribution in [1.29, 1.82) is 0 Å². The molecule has 0 aliphatic carbocycles. The minimum absolute atomic E-state index is 0.616. The third-order valence-corrected chi connectivity index (χ3v) is 3.22. The number of hydrogen-bond acceptors (Lipinski definition) is 4. The zero-order valence-electron chi connectivity index (χ0n) is 9.16. The van der Waals surface area contributed by atoms with E-state index in [4.69, 9.17) is 4.42 Å². The zero-order valence-corrected chi connectivity index (χ0v) is 11.6. The Morgan fingerprint density at radius 3 is 2.94 bits per heavy atom. The number of thiazole rings is 1. The van der Waals surface area contributed by atoms with Gasteiger partial charge in [-0.15, -0.1) is 11.3 Å². The number of halogens is 1. The Morgan fingerprint density at radius 2 is 2.31 bits per heavy atom. The van der Waals surface area contributed by atoms with E-state index in [2.05, 4.69) is 40.1 Å². The highest BCUT2D eigenvalue weighted by Crippen LogP contribution is 2.28. The molecule has 1 N–H and O–H groups in total. The fraction of sp³-hybridized carbons (Fsp3) is 0.364. The van der Waals surface area contributed by atoms with Gasteiger partial charge in [0.05, 0.1) is 0 Å². The average Bonchev–Trinajstić information content (AvgIpc) is 2.83. The van der Waals surface area contributed by atoms with Crippen LogP contribution in [0.1, 0.15) is 13.8 Å². The van der Waals surface area contributed by atoms with Crippen molar-refractivity contribution in [3.05, 3.63) is 22.2 Å². The molecule has 2 heterocycles. The lowest BCUT2D eigenvalue weighted by molar-refractivity contribution is 0.554. The van der Waals surface area contributed by atoms with Crippen molar-refractivity contribution < 1.29 is 4.42 Å². The average molecular weight is 301 g/mol. The molecule has 0 unspecified atom stereocenters. The molecule has 0 radical (unpaired) electrons. The topological polar surface area (TPSA) is 38.1 Å². The van der Waals surface area contributed by atoms with E-state index < -0.39 is 0 Å². The Hall–Kier alpha value is -0.810. The van der Waals surface area contributed by atoms with Crippen molar-refractivity contribution in [1.82, 2.24) is 4.98 Å². The molecule has 2 aromatic heterocycles. The van der Waals surface area contributed by atoms with Gasteiger partial charge in [-0.1, -0.05) is 13.8 Å². The zero-order chi connectivity index (χ0) is 11.5. The highest BCUT2D eigenvalue weighted by molar-refractivity contribution is 9.10. The second-order valence-electron chi connectivity index (χ2n) is 3.92. The quantitative estimate of drug-likeness (QED) is 0.918. The van der Waals surface area contributed by atoms with E-state index in [1.807, 2.05) is 17.5 Å². The van der Waals surface area contributed by atoms with E-state index in [9.17, 15) is 0 Å². The molecule has 0 spiro atoms. The summed E-state index contributed by atoms with van der Waals surface area (Å²) in [7, 11) is 0. The second-order valence-corrected chi connectivity index (χ2v) is 5.56. The SMILES string of the molecule is CC(C)CNc1nc(-c2ccc(Br)o2)cs1. The van der Waals surface area contributed by atoms with Crippen molar-refractivity contribution >= 4 is 32.4 Å². The van der Waals surface area contributed by atoms with Gasteiger partial charge in [0.1, 0.15) is 5.69 Å². The molecule has 0 amide bonds. The fourth-order valence-corrected chi connectivity index (χ4v) is 2.23. The molecule has 0 fully saturated rings. The summed E-state index contributed by atoms with van der Waals surface area (Å²) in [4.78, 5) is 4.46. The standard InChI is InChI=1S/C11H13BrN2OS/c1-7(2)5-13-11-14-8(6-16-11)9-3-4-10(12)15-9/h3-4,6-7H,5H2,1-2H3,(H,13,14). The van der Waals surface area contributed by atoms with Crippen molar-refractivity contribution in [3.8, 4) is 11.5 Å². The van der Waals surface area contributed by atoms with Gasteiger partial charge < -0.3 is 9.73 Å². The molecule has 0 aromatic carbocycles. The van der Waals surface area contributed by atoms with E-state index in [1.165, 1.54) is 0 Å².